The van der Waals surface area contributed by atoms with Gasteiger partial charge >= 0.3 is 5.97 Å². The van der Waals surface area contributed by atoms with E-state index >= 15 is 0 Å². The van der Waals surface area contributed by atoms with Gasteiger partial charge in [-0.1, -0.05) is 13.8 Å². The highest BCUT2D eigenvalue weighted by Gasteiger charge is 2.10. The van der Waals surface area contributed by atoms with Crippen LogP contribution in [0.25, 0.3) is 0 Å². The smallest absolute Gasteiger partial charge is 0.335 e. The van der Waals surface area contributed by atoms with Gasteiger partial charge in [0.1, 0.15) is 12.4 Å². The van der Waals surface area contributed by atoms with Gasteiger partial charge in [0.2, 0.25) is 5.91 Å². The number of hydrogen-bond donors (Lipinski definition) is 2. The van der Waals surface area contributed by atoms with Gasteiger partial charge in [-0.2, -0.15) is 0 Å². The molecule has 0 radical (unpaired) electrons. The van der Waals surface area contributed by atoms with Crippen molar-refractivity contribution in [1.82, 2.24) is 4.90 Å². The monoisotopic (exact) mass is 294 g/mol. The Balaban J connectivity index is 2.45. The Morgan fingerprint density at radius 3 is 2.38 bits per heavy atom. The molecule has 1 amide bonds. The molecular weight excluding hydrogens is 272 g/mol. The summed E-state index contributed by atoms with van der Waals surface area (Å²) in [7, 11) is 0. The maximum absolute atomic E-state index is 11.0. The van der Waals surface area contributed by atoms with Crippen LogP contribution < -0.4 is 10.5 Å². The molecule has 0 atom stereocenters. The van der Waals surface area contributed by atoms with Gasteiger partial charge in [-0.05, 0) is 30.2 Å². The van der Waals surface area contributed by atoms with Gasteiger partial charge < -0.3 is 15.6 Å². The number of carboxylic acids is 1. The largest absolute Gasteiger partial charge is 0.492 e. The Labute approximate surface area is 124 Å². The van der Waals surface area contributed by atoms with Crippen molar-refractivity contribution >= 4 is 11.9 Å². The third kappa shape index (κ3) is 6.76. The molecule has 0 aliphatic rings. The molecule has 21 heavy (non-hydrogen) atoms. The summed E-state index contributed by atoms with van der Waals surface area (Å²) < 4.78 is 5.55. The van der Waals surface area contributed by atoms with Crippen molar-refractivity contribution in [3.63, 3.8) is 0 Å². The third-order valence-electron chi connectivity index (χ3n) is 2.78. The molecule has 0 spiro atoms. The van der Waals surface area contributed by atoms with E-state index in [0.29, 0.717) is 24.8 Å². The van der Waals surface area contributed by atoms with Crippen molar-refractivity contribution in [2.75, 3.05) is 26.2 Å². The second-order valence-electron chi connectivity index (χ2n) is 5.27. The minimum Gasteiger partial charge on any atom is -0.492 e. The molecule has 6 heteroatoms. The van der Waals surface area contributed by atoms with Gasteiger partial charge in [0, 0.05) is 13.1 Å². The highest BCUT2D eigenvalue weighted by Crippen LogP contribution is 2.12. The SMILES string of the molecule is CC(C)CN(CCOc1ccc(C(=O)O)cc1)CC(N)=O. The first-order valence-corrected chi connectivity index (χ1v) is 6.85. The normalized spacial score (nSPS) is 10.9. The fourth-order valence-corrected chi connectivity index (χ4v) is 1.96. The predicted molar refractivity (Wildman–Crippen MR) is 79.4 cm³/mol. The van der Waals surface area contributed by atoms with Crippen molar-refractivity contribution < 1.29 is 19.4 Å². The van der Waals surface area contributed by atoms with Crippen molar-refractivity contribution in [3.8, 4) is 5.75 Å². The number of carbonyl (C=O) groups is 2. The molecule has 0 aliphatic heterocycles. The van der Waals surface area contributed by atoms with Crippen LogP contribution in [-0.4, -0.2) is 48.1 Å². The van der Waals surface area contributed by atoms with Crippen LogP contribution in [0.1, 0.15) is 24.2 Å². The number of amides is 1. The lowest BCUT2D eigenvalue weighted by atomic mass is 10.2. The fraction of sp³-hybridized carbons (Fsp3) is 0.467. The standard InChI is InChI=1S/C15H22N2O4/c1-11(2)9-17(10-14(16)18)7-8-21-13-5-3-12(4-6-13)15(19)20/h3-6,11H,7-10H2,1-2H3,(H2,16,18)(H,19,20). The van der Waals surface area contributed by atoms with Gasteiger partial charge in [-0.3, -0.25) is 9.69 Å². The van der Waals surface area contributed by atoms with E-state index in [4.69, 9.17) is 15.6 Å². The lowest BCUT2D eigenvalue weighted by Gasteiger charge is -2.22. The Morgan fingerprint density at radius 2 is 1.90 bits per heavy atom. The predicted octanol–water partition coefficient (Wildman–Crippen LogP) is 1.21. The minimum absolute atomic E-state index is 0.208. The zero-order valence-electron chi connectivity index (χ0n) is 12.4. The summed E-state index contributed by atoms with van der Waals surface area (Å²) in [5.74, 6) is -0.296. The number of carbonyl (C=O) groups excluding carboxylic acids is 1. The van der Waals surface area contributed by atoms with E-state index in [9.17, 15) is 9.59 Å². The molecule has 6 nitrogen and oxygen atoms in total. The van der Waals surface area contributed by atoms with Crippen molar-refractivity contribution in [1.29, 1.82) is 0 Å². The van der Waals surface area contributed by atoms with Crippen LogP contribution in [0.5, 0.6) is 5.75 Å². The molecule has 0 saturated carbocycles. The first-order valence-electron chi connectivity index (χ1n) is 6.85. The molecular formula is C15H22N2O4. The first kappa shape index (κ1) is 17.0. The number of nitrogens with two attached hydrogens (primary N) is 1. The average Bonchev–Trinajstić information content (AvgIpc) is 2.37. The van der Waals surface area contributed by atoms with E-state index in [1.807, 2.05) is 4.90 Å². The molecule has 3 N–H and O–H groups in total. The number of benzene rings is 1. The van der Waals surface area contributed by atoms with Crippen LogP contribution in [0.2, 0.25) is 0 Å². The second-order valence-corrected chi connectivity index (χ2v) is 5.27. The number of carboxylic acid groups (broad SMARTS) is 1. The summed E-state index contributed by atoms with van der Waals surface area (Å²) in [6, 6.07) is 6.22. The van der Waals surface area contributed by atoms with E-state index in [1.165, 1.54) is 12.1 Å². The lowest BCUT2D eigenvalue weighted by Crippen LogP contribution is -2.38. The Hall–Kier alpha value is -2.08. The van der Waals surface area contributed by atoms with Gasteiger partial charge in [-0.25, -0.2) is 4.79 Å². The number of ether oxygens (including phenoxy) is 1. The summed E-state index contributed by atoms with van der Waals surface area (Å²) in [6.45, 7) is 6.11. The second kappa shape index (κ2) is 8.26. The van der Waals surface area contributed by atoms with Crippen LogP contribution in [-0.2, 0) is 4.79 Å². The molecule has 0 aromatic heterocycles. The topological polar surface area (TPSA) is 92.9 Å². The average molecular weight is 294 g/mol. The van der Waals surface area contributed by atoms with Gasteiger partial charge in [-0.15, -0.1) is 0 Å². The zero-order chi connectivity index (χ0) is 15.8. The minimum atomic E-state index is -0.967. The Morgan fingerprint density at radius 1 is 1.29 bits per heavy atom. The van der Waals surface area contributed by atoms with E-state index in [1.54, 1.807) is 12.1 Å². The molecule has 1 aromatic rings. The van der Waals surface area contributed by atoms with E-state index in [2.05, 4.69) is 13.8 Å². The van der Waals surface area contributed by atoms with E-state index < -0.39 is 5.97 Å². The summed E-state index contributed by atoms with van der Waals surface area (Å²) in [4.78, 5) is 23.7. The molecule has 1 aromatic carbocycles. The van der Waals surface area contributed by atoms with Crippen LogP contribution in [0.4, 0.5) is 0 Å². The molecule has 1 rings (SSSR count). The summed E-state index contributed by atoms with van der Waals surface area (Å²) in [5, 5.41) is 8.80. The lowest BCUT2D eigenvalue weighted by molar-refractivity contribution is -0.119. The number of aromatic carboxylic acids is 1. The number of primary amides is 1. The first-order chi connectivity index (χ1) is 9.88. The molecule has 0 heterocycles. The third-order valence-corrected chi connectivity index (χ3v) is 2.78. The van der Waals surface area contributed by atoms with Gasteiger partial charge in [0.05, 0.1) is 12.1 Å². The molecule has 0 aliphatic carbocycles. The van der Waals surface area contributed by atoms with E-state index in [0.717, 1.165) is 6.54 Å². The molecule has 116 valence electrons. The number of nitrogens with zero attached hydrogens (tertiary/aromatic N) is 1. The molecule has 0 unspecified atom stereocenters. The van der Waals surface area contributed by atoms with Gasteiger partial charge in [0.15, 0.2) is 0 Å². The van der Waals surface area contributed by atoms with Crippen LogP contribution in [0, 0.1) is 5.92 Å². The number of hydrogen-bond acceptors (Lipinski definition) is 4. The summed E-state index contributed by atoms with van der Waals surface area (Å²) in [5.41, 5.74) is 5.44. The summed E-state index contributed by atoms with van der Waals surface area (Å²) >= 11 is 0. The molecule has 0 bridgehead atoms. The Kier molecular flexibility index (Phi) is 6.68. The van der Waals surface area contributed by atoms with Crippen LogP contribution >= 0.6 is 0 Å². The van der Waals surface area contributed by atoms with Crippen LogP contribution in [0.3, 0.4) is 0 Å². The quantitative estimate of drug-likeness (QED) is 0.714. The van der Waals surface area contributed by atoms with Crippen molar-refractivity contribution in [3.05, 3.63) is 29.8 Å². The van der Waals surface area contributed by atoms with Gasteiger partial charge in [0.25, 0.3) is 0 Å². The zero-order valence-corrected chi connectivity index (χ0v) is 12.4. The Bertz CT molecular complexity index is 471. The maximum Gasteiger partial charge on any atom is 0.335 e. The maximum atomic E-state index is 11.0. The molecule has 0 saturated heterocycles. The van der Waals surface area contributed by atoms with Crippen LogP contribution in [0.15, 0.2) is 24.3 Å². The van der Waals surface area contributed by atoms with Crippen molar-refractivity contribution in [2.45, 2.75) is 13.8 Å². The van der Waals surface area contributed by atoms with E-state index in [-0.39, 0.29) is 18.0 Å². The van der Waals surface area contributed by atoms with Crippen molar-refractivity contribution in [2.24, 2.45) is 11.7 Å². The fourth-order valence-electron chi connectivity index (χ4n) is 1.96. The highest BCUT2D eigenvalue weighted by molar-refractivity contribution is 5.87. The summed E-state index contributed by atoms with van der Waals surface area (Å²) in [6.07, 6.45) is 0. The highest BCUT2D eigenvalue weighted by atomic mass is 16.5. The molecule has 0 fully saturated rings. The number of rotatable bonds is 9.